The molecule has 1 aromatic carbocycles. The zero-order valence-electron chi connectivity index (χ0n) is 12.1. The number of nitrogens with zero attached hydrogens (tertiary/aromatic N) is 1. The molecule has 1 aromatic rings. The Morgan fingerprint density at radius 3 is 2.33 bits per heavy atom. The lowest BCUT2D eigenvalue weighted by molar-refractivity contribution is 0.0776. The van der Waals surface area contributed by atoms with Gasteiger partial charge in [-0.2, -0.15) is 0 Å². The summed E-state index contributed by atoms with van der Waals surface area (Å²) in [5.74, 6) is 0.404. The van der Waals surface area contributed by atoms with E-state index in [1.54, 1.807) is 4.90 Å². The van der Waals surface area contributed by atoms with Crippen LogP contribution in [0.4, 0.5) is 0 Å². The molecule has 1 atom stereocenters. The average Bonchev–Trinajstić information content (AvgIpc) is 2.32. The molecule has 0 heterocycles. The van der Waals surface area contributed by atoms with E-state index in [9.17, 15) is 4.79 Å². The third kappa shape index (κ3) is 3.33. The van der Waals surface area contributed by atoms with Crippen LogP contribution < -0.4 is 5.73 Å². The monoisotopic (exact) mass is 248 g/mol. The normalized spacial score (nSPS) is 12.3. The van der Waals surface area contributed by atoms with Gasteiger partial charge < -0.3 is 10.6 Å². The van der Waals surface area contributed by atoms with Gasteiger partial charge in [0.25, 0.3) is 5.91 Å². The Bertz CT molecular complexity index is 440. The summed E-state index contributed by atoms with van der Waals surface area (Å²) in [6.07, 6.45) is 0. The highest BCUT2D eigenvalue weighted by Gasteiger charge is 2.16. The molecule has 3 nitrogen and oxygen atoms in total. The van der Waals surface area contributed by atoms with Gasteiger partial charge in [0.2, 0.25) is 0 Å². The Morgan fingerprint density at radius 2 is 1.78 bits per heavy atom. The lowest BCUT2D eigenvalue weighted by Gasteiger charge is -2.22. The molecule has 1 amide bonds. The van der Waals surface area contributed by atoms with Gasteiger partial charge in [0.05, 0.1) is 0 Å². The van der Waals surface area contributed by atoms with Gasteiger partial charge in [-0.15, -0.1) is 0 Å². The number of rotatable bonds is 4. The van der Waals surface area contributed by atoms with Crippen molar-refractivity contribution in [2.75, 3.05) is 20.1 Å². The topological polar surface area (TPSA) is 46.3 Å². The van der Waals surface area contributed by atoms with Crippen LogP contribution in [-0.4, -0.2) is 30.9 Å². The minimum Gasteiger partial charge on any atom is -0.341 e. The van der Waals surface area contributed by atoms with Crippen LogP contribution in [0, 0.1) is 26.7 Å². The third-order valence-electron chi connectivity index (χ3n) is 3.41. The lowest BCUT2D eigenvalue weighted by Crippen LogP contribution is -2.33. The fourth-order valence-corrected chi connectivity index (χ4v) is 2.02. The second-order valence-electron chi connectivity index (χ2n) is 5.28. The van der Waals surface area contributed by atoms with Crippen LogP contribution in [0.2, 0.25) is 0 Å². The number of nitrogens with two attached hydrogens (primary N) is 1. The number of hydrogen-bond donors (Lipinski definition) is 1. The fraction of sp³-hybridized carbons (Fsp3) is 0.533. The minimum absolute atomic E-state index is 0.0795. The molecule has 1 rings (SSSR count). The Balaban J connectivity index is 2.93. The molecule has 0 aliphatic carbocycles. The maximum Gasteiger partial charge on any atom is 0.253 e. The van der Waals surface area contributed by atoms with Crippen molar-refractivity contribution in [2.45, 2.75) is 27.7 Å². The van der Waals surface area contributed by atoms with Crippen LogP contribution in [0.25, 0.3) is 0 Å². The van der Waals surface area contributed by atoms with Gasteiger partial charge in [0.1, 0.15) is 0 Å². The molecule has 100 valence electrons. The summed E-state index contributed by atoms with van der Waals surface area (Å²) in [5.41, 5.74) is 9.81. The van der Waals surface area contributed by atoms with Gasteiger partial charge in [-0.25, -0.2) is 0 Å². The summed E-state index contributed by atoms with van der Waals surface area (Å²) < 4.78 is 0. The highest BCUT2D eigenvalue weighted by molar-refractivity contribution is 5.95. The first-order chi connectivity index (χ1) is 8.36. The number of aryl methyl sites for hydroxylation is 3. The highest BCUT2D eigenvalue weighted by Crippen LogP contribution is 2.17. The van der Waals surface area contributed by atoms with E-state index in [0.717, 1.165) is 16.7 Å². The molecule has 0 bridgehead atoms. The molecule has 0 aliphatic rings. The molecular formula is C15H24N2O. The molecule has 0 aromatic heterocycles. The summed E-state index contributed by atoms with van der Waals surface area (Å²) in [5, 5.41) is 0. The first kappa shape index (κ1) is 14.7. The summed E-state index contributed by atoms with van der Waals surface area (Å²) in [6.45, 7) is 9.44. The number of carbonyl (C=O) groups excluding carboxylic acids is 1. The van der Waals surface area contributed by atoms with Crippen molar-refractivity contribution < 1.29 is 4.79 Å². The van der Waals surface area contributed by atoms with Crippen LogP contribution in [0.1, 0.15) is 34.0 Å². The number of hydrogen-bond acceptors (Lipinski definition) is 2. The molecule has 0 aliphatic heterocycles. The largest absolute Gasteiger partial charge is 0.341 e. The van der Waals surface area contributed by atoms with E-state index in [2.05, 4.69) is 19.9 Å². The molecule has 0 spiro atoms. The fourth-order valence-electron chi connectivity index (χ4n) is 2.02. The molecule has 0 fully saturated rings. The zero-order chi connectivity index (χ0) is 13.9. The van der Waals surface area contributed by atoms with Crippen LogP contribution in [0.5, 0.6) is 0 Å². The van der Waals surface area contributed by atoms with Crippen molar-refractivity contribution in [3.63, 3.8) is 0 Å². The lowest BCUT2D eigenvalue weighted by atomic mass is 10.00. The van der Waals surface area contributed by atoms with E-state index in [0.29, 0.717) is 19.0 Å². The first-order valence-corrected chi connectivity index (χ1v) is 6.40. The van der Waals surface area contributed by atoms with Crippen LogP contribution in [-0.2, 0) is 0 Å². The summed E-state index contributed by atoms with van der Waals surface area (Å²) in [4.78, 5) is 14.1. The second kappa shape index (κ2) is 6.01. The standard InChI is InChI=1S/C15H24N2O/c1-10(8-16)9-17(5)15(18)14-7-12(3)11(2)6-13(14)4/h6-7,10H,8-9,16H2,1-5H3. The van der Waals surface area contributed by atoms with Crippen molar-refractivity contribution in [3.05, 3.63) is 34.4 Å². The van der Waals surface area contributed by atoms with Gasteiger partial charge in [-0.1, -0.05) is 13.0 Å². The second-order valence-corrected chi connectivity index (χ2v) is 5.28. The Hall–Kier alpha value is -1.35. The molecule has 2 N–H and O–H groups in total. The zero-order valence-corrected chi connectivity index (χ0v) is 12.1. The number of carbonyl (C=O) groups is 1. The molecule has 1 unspecified atom stereocenters. The average molecular weight is 248 g/mol. The van der Waals surface area contributed by atoms with E-state index in [4.69, 9.17) is 5.73 Å². The SMILES string of the molecule is Cc1cc(C)c(C(=O)N(C)CC(C)CN)cc1C. The van der Waals surface area contributed by atoms with Crippen LogP contribution in [0.15, 0.2) is 12.1 Å². The first-order valence-electron chi connectivity index (χ1n) is 6.40. The van der Waals surface area contributed by atoms with Gasteiger partial charge >= 0.3 is 0 Å². The van der Waals surface area contributed by atoms with Gasteiger partial charge in [0, 0.05) is 19.2 Å². The maximum absolute atomic E-state index is 12.4. The minimum atomic E-state index is 0.0795. The van der Waals surface area contributed by atoms with Crippen molar-refractivity contribution >= 4 is 5.91 Å². The van der Waals surface area contributed by atoms with E-state index in [-0.39, 0.29) is 5.91 Å². The summed E-state index contributed by atoms with van der Waals surface area (Å²) in [6, 6.07) is 4.05. The Labute approximate surface area is 110 Å². The van der Waals surface area contributed by atoms with Crippen molar-refractivity contribution in [1.29, 1.82) is 0 Å². The predicted molar refractivity (Wildman–Crippen MR) is 75.8 cm³/mol. The van der Waals surface area contributed by atoms with E-state index in [1.165, 1.54) is 5.56 Å². The Kier molecular flexibility index (Phi) is 4.91. The predicted octanol–water partition coefficient (Wildman–Crippen LogP) is 2.28. The van der Waals surface area contributed by atoms with E-state index in [1.807, 2.05) is 27.0 Å². The van der Waals surface area contributed by atoms with Crippen molar-refractivity contribution in [2.24, 2.45) is 11.7 Å². The smallest absolute Gasteiger partial charge is 0.253 e. The summed E-state index contributed by atoms with van der Waals surface area (Å²) in [7, 11) is 1.84. The summed E-state index contributed by atoms with van der Waals surface area (Å²) >= 11 is 0. The van der Waals surface area contributed by atoms with Crippen LogP contribution >= 0.6 is 0 Å². The maximum atomic E-state index is 12.4. The van der Waals surface area contributed by atoms with Gasteiger partial charge in [-0.3, -0.25) is 4.79 Å². The van der Waals surface area contributed by atoms with Crippen LogP contribution in [0.3, 0.4) is 0 Å². The number of amides is 1. The molecule has 0 saturated carbocycles. The molecule has 0 radical (unpaired) electrons. The molecular weight excluding hydrogens is 224 g/mol. The van der Waals surface area contributed by atoms with Crippen molar-refractivity contribution in [3.8, 4) is 0 Å². The molecule has 3 heteroatoms. The van der Waals surface area contributed by atoms with Gasteiger partial charge in [-0.05, 0) is 56.0 Å². The number of benzene rings is 1. The van der Waals surface area contributed by atoms with Crippen molar-refractivity contribution in [1.82, 2.24) is 4.90 Å². The molecule has 18 heavy (non-hydrogen) atoms. The molecule has 0 saturated heterocycles. The Morgan fingerprint density at radius 1 is 1.22 bits per heavy atom. The quantitative estimate of drug-likeness (QED) is 0.888. The highest BCUT2D eigenvalue weighted by atomic mass is 16.2. The van der Waals surface area contributed by atoms with E-state index < -0.39 is 0 Å². The van der Waals surface area contributed by atoms with E-state index >= 15 is 0 Å². The third-order valence-corrected chi connectivity index (χ3v) is 3.41. The van der Waals surface area contributed by atoms with Gasteiger partial charge in [0.15, 0.2) is 0 Å².